The summed E-state index contributed by atoms with van der Waals surface area (Å²) in [5, 5.41) is 4.25. The van der Waals surface area contributed by atoms with Crippen LogP contribution in [0.25, 0.3) is 0 Å². The van der Waals surface area contributed by atoms with Crippen LogP contribution >= 0.6 is 11.8 Å². The summed E-state index contributed by atoms with van der Waals surface area (Å²) < 4.78 is 4.67. The Balaban J connectivity index is 1.77. The number of methoxy groups -OCH3 is 1. The second-order valence-electron chi connectivity index (χ2n) is 4.45. The number of rotatable bonds is 5. The molecule has 18 heavy (non-hydrogen) atoms. The monoisotopic (exact) mass is 265 g/mol. The highest BCUT2D eigenvalue weighted by Gasteiger charge is 2.14. The number of benzene rings is 1. The lowest BCUT2D eigenvalue weighted by atomic mass is 10.1. The Bertz CT molecular complexity index is 385. The lowest BCUT2D eigenvalue weighted by Crippen LogP contribution is -2.22. The van der Waals surface area contributed by atoms with Crippen LogP contribution in [0, 0.1) is 0 Å². The van der Waals surface area contributed by atoms with Crippen LogP contribution in [0.15, 0.2) is 24.3 Å². The van der Waals surface area contributed by atoms with Crippen molar-refractivity contribution < 1.29 is 9.53 Å². The van der Waals surface area contributed by atoms with Gasteiger partial charge in [-0.25, -0.2) is 4.79 Å². The van der Waals surface area contributed by atoms with E-state index >= 15 is 0 Å². The molecule has 4 heteroatoms. The van der Waals surface area contributed by atoms with E-state index in [9.17, 15) is 4.79 Å². The fourth-order valence-electron chi connectivity index (χ4n) is 2.06. The molecule has 0 aromatic heterocycles. The lowest BCUT2D eigenvalue weighted by Gasteiger charge is -2.10. The third-order valence-electron chi connectivity index (χ3n) is 3.10. The zero-order valence-corrected chi connectivity index (χ0v) is 11.5. The van der Waals surface area contributed by atoms with Gasteiger partial charge in [-0.1, -0.05) is 12.1 Å². The fourth-order valence-corrected chi connectivity index (χ4v) is 3.30. The third kappa shape index (κ3) is 3.75. The van der Waals surface area contributed by atoms with Crippen LogP contribution in [0.4, 0.5) is 0 Å². The molecular weight excluding hydrogens is 246 g/mol. The molecule has 1 atom stereocenters. The second-order valence-corrected chi connectivity index (χ2v) is 5.86. The standard InChI is InChI=1S/C14H19NO2S/c1-17-14(16)12-6-4-11(5-7-12)9-15-10-13-3-2-8-18-13/h4-7,13,15H,2-3,8-10H2,1H3. The Labute approximate surface area is 112 Å². The summed E-state index contributed by atoms with van der Waals surface area (Å²) in [5.41, 5.74) is 1.80. The third-order valence-corrected chi connectivity index (χ3v) is 4.50. The van der Waals surface area contributed by atoms with Gasteiger partial charge in [-0.05, 0) is 36.3 Å². The molecule has 1 saturated heterocycles. The quantitative estimate of drug-likeness (QED) is 0.830. The highest BCUT2D eigenvalue weighted by molar-refractivity contribution is 8.00. The Morgan fingerprint density at radius 3 is 2.83 bits per heavy atom. The highest BCUT2D eigenvalue weighted by atomic mass is 32.2. The van der Waals surface area contributed by atoms with Gasteiger partial charge in [0.05, 0.1) is 12.7 Å². The predicted octanol–water partition coefficient (Wildman–Crippen LogP) is 2.46. The van der Waals surface area contributed by atoms with Gasteiger partial charge in [0, 0.05) is 18.3 Å². The fraction of sp³-hybridized carbons (Fsp3) is 0.500. The van der Waals surface area contributed by atoms with E-state index in [1.807, 2.05) is 24.3 Å². The number of hydrogen-bond donors (Lipinski definition) is 1. The first-order valence-corrected chi connectivity index (χ1v) is 7.34. The topological polar surface area (TPSA) is 38.3 Å². The lowest BCUT2D eigenvalue weighted by molar-refractivity contribution is 0.0600. The molecule has 1 aliphatic heterocycles. The average Bonchev–Trinajstić information content (AvgIpc) is 2.92. The van der Waals surface area contributed by atoms with E-state index in [-0.39, 0.29) is 5.97 Å². The molecule has 1 aromatic rings. The van der Waals surface area contributed by atoms with Gasteiger partial charge < -0.3 is 10.1 Å². The van der Waals surface area contributed by atoms with Crippen molar-refractivity contribution in [3.8, 4) is 0 Å². The minimum Gasteiger partial charge on any atom is -0.465 e. The van der Waals surface area contributed by atoms with Crippen LogP contribution in [0.2, 0.25) is 0 Å². The van der Waals surface area contributed by atoms with E-state index in [0.717, 1.165) is 18.3 Å². The first-order chi connectivity index (χ1) is 8.79. The van der Waals surface area contributed by atoms with Crippen molar-refractivity contribution in [2.24, 2.45) is 0 Å². The van der Waals surface area contributed by atoms with E-state index in [0.29, 0.717) is 5.56 Å². The molecule has 0 radical (unpaired) electrons. The summed E-state index contributed by atoms with van der Waals surface area (Å²) in [6, 6.07) is 7.57. The zero-order valence-electron chi connectivity index (χ0n) is 10.6. The Kier molecular flexibility index (Phi) is 5.08. The van der Waals surface area contributed by atoms with Crippen LogP contribution in [-0.4, -0.2) is 30.6 Å². The molecule has 0 amide bonds. The van der Waals surface area contributed by atoms with Crippen LogP contribution < -0.4 is 5.32 Å². The Hall–Kier alpha value is -1.00. The maximum atomic E-state index is 11.3. The maximum absolute atomic E-state index is 11.3. The highest BCUT2D eigenvalue weighted by Crippen LogP contribution is 2.25. The van der Waals surface area contributed by atoms with E-state index in [1.165, 1.54) is 31.3 Å². The first-order valence-electron chi connectivity index (χ1n) is 6.29. The molecule has 1 unspecified atom stereocenters. The van der Waals surface area contributed by atoms with Crippen molar-refractivity contribution in [2.45, 2.75) is 24.6 Å². The number of esters is 1. The molecule has 1 N–H and O–H groups in total. The van der Waals surface area contributed by atoms with Crippen molar-refractivity contribution in [2.75, 3.05) is 19.4 Å². The van der Waals surface area contributed by atoms with Gasteiger partial charge in [0.2, 0.25) is 0 Å². The van der Waals surface area contributed by atoms with Crippen molar-refractivity contribution in [3.05, 3.63) is 35.4 Å². The van der Waals surface area contributed by atoms with E-state index < -0.39 is 0 Å². The van der Waals surface area contributed by atoms with Gasteiger partial charge >= 0.3 is 5.97 Å². The number of nitrogens with one attached hydrogen (secondary N) is 1. The molecular formula is C14H19NO2S. The molecule has 0 bridgehead atoms. The summed E-state index contributed by atoms with van der Waals surface area (Å²) >= 11 is 2.06. The molecule has 3 nitrogen and oxygen atoms in total. The molecule has 1 fully saturated rings. The number of ether oxygens (including phenoxy) is 1. The molecule has 98 valence electrons. The van der Waals surface area contributed by atoms with Gasteiger partial charge in [0.15, 0.2) is 0 Å². The molecule has 0 saturated carbocycles. The zero-order chi connectivity index (χ0) is 12.8. The smallest absolute Gasteiger partial charge is 0.337 e. The molecule has 2 rings (SSSR count). The van der Waals surface area contributed by atoms with E-state index in [4.69, 9.17) is 0 Å². The minimum atomic E-state index is -0.281. The number of carbonyl (C=O) groups excluding carboxylic acids is 1. The van der Waals surface area contributed by atoms with Gasteiger partial charge in [-0.2, -0.15) is 11.8 Å². The van der Waals surface area contributed by atoms with Gasteiger partial charge in [-0.3, -0.25) is 0 Å². The molecule has 1 aliphatic rings. The van der Waals surface area contributed by atoms with E-state index in [1.54, 1.807) is 0 Å². The van der Waals surface area contributed by atoms with E-state index in [2.05, 4.69) is 21.8 Å². The Morgan fingerprint density at radius 2 is 2.22 bits per heavy atom. The Morgan fingerprint density at radius 1 is 1.44 bits per heavy atom. The summed E-state index contributed by atoms with van der Waals surface area (Å²) in [5.74, 6) is 1.03. The summed E-state index contributed by atoms with van der Waals surface area (Å²) in [7, 11) is 1.40. The molecule has 1 aromatic carbocycles. The van der Waals surface area contributed by atoms with Crippen molar-refractivity contribution in [1.82, 2.24) is 5.32 Å². The average molecular weight is 265 g/mol. The number of hydrogen-bond acceptors (Lipinski definition) is 4. The van der Waals surface area contributed by atoms with Crippen LogP contribution in [0.5, 0.6) is 0 Å². The van der Waals surface area contributed by atoms with Crippen LogP contribution in [0.3, 0.4) is 0 Å². The number of carbonyl (C=O) groups is 1. The van der Waals surface area contributed by atoms with Gasteiger partial charge in [0.1, 0.15) is 0 Å². The minimum absolute atomic E-state index is 0.281. The summed E-state index contributed by atoms with van der Waals surface area (Å²) in [6.45, 7) is 1.93. The van der Waals surface area contributed by atoms with Crippen molar-refractivity contribution in [1.29, 1.82) is 0 Å². The normalized spacial score (nSPS) is 18.8. The second kappa shape index (κ2) is 6.81. The molecule has 1 heterocycles. The van der Waals surface area contributed by atoms with Crippen LogP contribution in [0.1, 0.15) is 28.8 Å². The summed E-state index contributed by atoms with van der Waals surface area (Å²) in [6.07, 6.45) is 2.68. The SMILES string of the molecule is COC(=O)c1ccc(CNCC2CCCS2)cc1. The van der Waals surface area contributed by atoms with Crippen molar-refractivity contribution >= 4 is 17.7 Å². The van der Waals surface area contributed by atoms with Gasteiger partial charge in [-0.15, -0.1) is 0 Å². The molecule has 0 spiro atoms. The predicted molar refractivity (Wildman–Crippen MR) is 75.0 cm³/mol. The maximum Gasteiger partial charge on any atom is 0.337 e. The number of thioether (sulfide) groups is 1. The van der Waals surface area contributed by atoms with Gasteiger partial charge in [0.25, 0.3) is 0 Å². The largest absolute Gasteiger partial charge is 0.465 e. The first kappa shape index (κ1) is 13.4. The van der Waals surface area contributed by atoms with Crippen molar-refractivity contribution in [3.63, 3.8) is 0 Å². The molecule has 0 aliphatic carbocycles. The van der Waals surface area contributed by atoms with Crippen LogP contribution in [-0.2, 0) is 11.3 Å². The summed E-state index contributed by atoms with van der Waals surface area (Å²) in [4.78, 5) is 11.3.